The highest BCUT2D eigenvalue weighted by Crippen LogP contribution is 2.21. The first-order valence-corrected chi connectivity index (χ1v) is 6.23. The van der Waals surface area contributed by atoms with Crippen molar-refractivity contribution in [3.8, 4) is 0 Å². The molecule has 1 atom stereocenters. The van der Waals surface area contributed by atoms with E-state index in [1.807, 2.05) is 26.2 Å². The molecule has 1 aromatic heterocycles. The van der Waals surface area contributed by atoms with Crippen molar-refractivity contribution in [3.63, 3.8) is 0 Å². The van der Waals surface area contributed by atoms with Gasteiger partial charge < -0.3 is 15.0 Å². The number of nitrogens with zero attached hydrogens (tertiary/aromatic N) is 1. The fraction of sp³-hybridized carbons (Fsp3) is 0.267. The van der Waals surface area contributed by atoms with Gasteiger partial charge in [0.05, 0.1) is 0 Å². The lowest BCUT2D eigenvalue weighted by Crippen LogP contribution is -2.25. The van der Waals surface area contributed by atoms with E-state index in [0.29, 0.717) is 0 Å². The van der Waals surface area contributed by atoms with Gasteiger partial charge in [0, 0.05) is 36.3 Å². The molecule has 0 amide bonds. The largest absolute Gasteiger partial charge is 0.478 e. The Morgan fingerprint density at radius 2 is 2.21 bits per heavy atom. The van der Waals surface area contributed by atoms with Gasteiger partial charge >= 0.3 is 5.97 Å². The van der Waals surface area contributed by atoms with Gasteiger partial charge in [0.2, 0.25) is 0 Å². The molecule has 2 N–H and O–H groups in total. The Labute approximate surface area is 112 Å². The maximum Gasteiger partial charge on any atom is 0.328 e. The number of aryl methyl sites for hydroxylation is 1. The molecule has 2 rings (SSSR count). The van der Waals surface area contributed by atoms with E-state index in [2.05, 4.69) is 28.2 Å². The van der Waals surface area contributed by atoms with Crippen LogP contribution in [-0.2, 0) is 18.3 Å². The molecule has 0 unspecified atom stereocenters. The number of hydrogen-bond acceptors (Lipinski definition) is 2. The number of rotatable bonds is 5. The summed E-state index contributed by atoms with van der Waals surface area (Å²) < 4.78 is 2.10. The minimum absolute atomic E-state index is 0.0157. The number of carboxylic acids is 1. The monoisotopic (exact) mass is 258 g/mol. The summed E-state index contributed by atoms with van der Waals surface area (Å²) in [6.07, 6.45) is 5.74. The maximum absolute atomic E-state index is 10.6. The molecule has 0 bridgehead atoms. The topological polar surface area (TPSA) is 54.3 Å². The lowest BCUT2D eigenvalue weighted by Gasteiger charge is -2.10. The SMILES string of the molecule is CN[C@@H](C=CC(=O)O)Cc1cn(C)c2ccccc12. The van der Waals surface area contributed by atoms with Crippen LogP contribution in [0.5, 0.6) is 0 Å². The second-order valence-electron chi connectivity index (χ2n) is 4.58. The summed E-state index contributed by atoms with van der Waals surface area (Å²) in [6, 6.07) is 8.24. The molecule has 0 saturated carbocycles. The molecule has 0 aliphatic carbocycles. The number of benzene rings is 1. The summed E-state index contributed by atoms with van der Waals surface area (Å²) in [6.45, 7) is 0. The molecule has 19 heavy (non-hydrogen) atoms. The van der Waals surface area contributed by atoms with Crippen molar-refractivity contribution in [2.24, 2.45) is 7.05 Å². The van der Waals surface area contributed by atoms with Gasteiger partial charge in [-0.25, -0.2) is 4.79 Å². The molecule has 0 spiro atoms. The predicted octanol–water partition coefficient (Wildman–Crippen LogP) is 1.95. The molecule has 0 aliphatic heterocycles. The van der Waals surface area contributed by atoms with Crippen LogP contribution >= 0.6 is 0 Å². The highest BCUT2D eigenvalue weighted by molar-refractivity contribution is 5.84. The summed E-state index contributed by atoms with van der Waals surface area (Å²) in [5.74, 6) is -0.918. The van der Waals surface area contributed by atoms with Crippen LogP contribution in [0.1, 0.15) is 5.56 Å². The molecule has 2 aromatic rings. The van der Waals surface area contributed by atoms with E-state index in [1.54, 1.807) is 6.08 Å². The number of fused-ring (bicyclic) bond motifs is 1. The van der Waals surface area contributed by atoms with Crippen molar-refractivity contribution in [1.82, 2.24) is 9.88 Å². The van der Waals surface area contributed by atoms with E-state index in [9.17, 15) is 4.79 Å². The second-order valence-corrected chi connectivity index (χ2v) is 4.58. The van der Waals surface area contributed by atoms with E-state index in [-0.39, 0.29) is 6.04 Å². The zero-order valence-electron chi connectivity index (χ0n) is 11.1. The van der Waals surface area contributed by atoms with Crippen molar-refractivity contribution in [2.75, 3.05) is 7.05 Å². The number of nitrogens with one attached hydrogen (secondary N) is 1. The number of carboxylic acid groups (broad SMARTS) is 1. The zero-order valence-corrected chi connectivity index (χ0v) is 11.1. The third kappa shape index (κ3) is 3.03. The van der Waals surface area contributed by atoms with Gasteiger partial charge in [0.1, 0.15) is 0 Å². The first kappa shape index (κ1) is 13.4. The summed E-state index contributed by atoms with van der Waals surface area (Å²) in [4.78, 5) is 10.6. The Bertz CT molecular complexity index is 614. The molecule has 0 fully saturated rings. The Hall–Kier alpha value is -2.07. The smallest absolute Gasteiger partial charge is 0.328 e. The predicted molar refractivity (Wildman–Crippen MR) is 76.2 cm³/mol. The first-order valence-electron chi connectivity index (χ1n) is 6.23. The number of aromatic nitrogens is 1. The van der Waals surface area contributed by atoms with Crippen molar-refractivity contribution in [1.29, 1.82) is 0 Å². The number of likely N-dealkylation sites (N-methyl/N-ethyl adjacent to an activating group) is 1. The van der Waals surface area contributed by atoms with E-state index < -0.39 is 5.97 Å². The quantitative estimate of drug-likeness (QED) is 0.806. The molecule has 4 nitrogen and oxygen atoms in total. The fourth-order valence-electron chi connectivity index (χ4n) is 2.29. The van der Waals surface area contributed by atoms with Gasteiger partial charge in [-0.15, -0.1) is 0 Å². The van der Waals surface area contributed by atoms with Gasteiger partial charge in [0.15, 0.2) is 0 Å². The minimum atomic E-state index is -0.918. The summed E-state index contributed by atoms with van der Waals surface area (Å²) in [5, 5.41) is 13.0. The Balaban J connectivity index is 2.27. The van der Waals surface area contributed by atoms with Crippen molar-refractivity contribution < 1.29 is 9.90 Å². The summed E-state index contributed by atoms with van der Waals surface area (Å²) in [7, 11) is 3.86. The van der Waals surface area contributed by atoms with Crippen LogP contribution in [0.3, 0.4) is 0 Å². The third-order valence-electron chi connectivity index (χ3n) is 3.26. The van der Waals surface area contributed by atoms with Crippen molar-refractivity contribution in [2.45, 2.75) is 12.5 Å². The lowest BCUT2D eigenvalue weighted by atomic mass is 10.0. The zero-order chi connectivity index (χ0) is 13.8. The van der Waals surface area contributed by atoms with Crippen LogP contribution < -0.4 is 5.32 Å². The molecule has 0 saturated heterocycles. The van der Waals surface area contributed by atoms with Gasteiger partial charge in [-0.1, -0.05) is 24.3 Å². The average Bonchev–Trinajstić information content (AvgIpc) is 2.72. The van der Waals surface area contributed by atoms with E-state index in [4.69, 9.17) is 5.11 Å². The highest BCUT2D eigenvalue weighted by Gasteiger charge is 2.10. The number of aliphatic carboxylic acids is 1. The molecule has 0 radical (unpaired) electrons. The average molecular weight is 258 g/mol. The Morgan fingerprint density at radius 3 is 2.89 bits per heavy atom. The lowest BCUT2D eigenvalue weighted by molar-refractivity contribution is -0.131. The van der Waals surface area contributed by atoms with Crippen LogP contribution in [0.25, 0.3) is 10.9 Å². The third-order valence-corrected chi connectivity index (χ3v) is 3.26. The van der Waals surface area contributed by atoms with Crippen LogP contribution in [-0.4, -0.2) is 28.7 Å². The molecule has 1 aromatic carbocycles. The van der Waals surface area contributed by atoms with Crippen LogP contribution in [0.4, 0.5) is 0 Å². The highest BCUT2D eigenvalue weighted by atomic mass is 16.4. The minimum Gasteiger partial charge on any atom is -0.478 e. The van der Waals surface area contributed by atoms with Crippen LogP contribution in [0.2, 0.25) is 0 Å². The summed E-state index contributed by atoms with van der Waals surface area (Å²) in [5.41, 5.74) is 2.40. The molecular weight excluding hydrogens is 240 g/mol. The summed E-state index contributed by atoms with van der Waals surface area (Å²) >= 11 is 0. The van der Waals surface area contributed by atoms with Gasteiger partial charge in [-0.2, -0.15) is 0 Å². The Morgan fingerprint density at radius 1 is 1.47 bits per heavy atom. The van der Waals surface area contributed by atoms with Gasteiger partial charge in [-0.3, -0.25) is 0 Å². The second kappa shape index (κ2) is 5.71. The Kier molecular flexibility index (Phi) is 4.02. The molecule has 0 aliphatic rings. The molecular formula is C15H18N2O2. The normalized spacial score (nSPS) is 13.2. The first-order chi connectivity index (χ1) is 9.11. The van der Waals surface area contributed by atoms with Crippen molar-refractivity contribution >= 4 is 16.9 Å². The number of hydrogen-bond donors (Lipinski definition) is 2. The van der Waals surface area contributed by atoms with Crippen molar-refractivity contribution in [3.05, 3.63) is 48.2 Å². The van der Waals surface area contributed by atoms with Gasteiger partial charge in [0.25, 0.3) is 0 Å². The number of carbonyl (C=O) groups is 1. The molecule has 100 valence electrons. The van der Waals surface area contributed by atoms with E-state index in [0.717, 1.165) is 6.42 Å². The number of para-hydroxylation sites is 1. The standard InChI is InChI=1S/C15H18N2O2/c1-16-12(7-8-15(18)19)9-11-10-17(2)14-6-4-3-5-13(11)14/h3-8,10,12,16H,9H2,1-2H3,(H,18,19)/t12-/m0/s1. The molecule has 1 heterocycles. The molecule has 4 heteroatoms. The van der Waals surface area contributed by atoms with E-state index in [1.165, 1.54) is 22.5 Å². The fourth-order valence-corrected chi connectivity index (χ4v) is 2.29. The van der Waals surface area contributed by atoms with Gasteiger partial charge in [-0.05, 0) is 25.1 Å². The van der Waals surface area contributed by atoms with E-state index >= 15 is 0 Å². The van der Waals surface area contributed by atoms with Crippen LogP contribution in [0.15, 0.2) is 42.6 Å². The maximum atomic E-state index is 10.6. The van der Waals surface area contributed by atoms with Crippen LogP contribution in [0, 0.1) is 0 Å².